The summed E-state index contributed by atoms with van der Waals surface area (Å²) < 4.78 is 0.603. The zero-order chi connectivity index (χ0) is 13.5. The Kier molecular flexibility index (Phi) is 5.33. The fraction of sp³-hybridized carbons (Fsp3) is 0.231. The van der Waals surface area contributed by atoms with Crippen LogP contribution in [0.2, 0.25) is 0 Å². The minimum absolute atomic E-state index is 0.0961. The molecule has 0 saturated heterocycles. The van der Waals surface area contributed by atoms with Gasteiger partial charge in [0.25, 0.3) is 0 Å². The van der Waals surface area contributed by atoms with E-state index in [0.717, 1.165) is 0 Å². The van der Waals surface area contributed by atoms with Gasteiger partial charge in [0.2, 0.25) is 0 Å². The molecule has 5 heteroatoms. The third-order valence-electron chi connectivity index (χ3n) is 2.11. The number of hydrogen-bond donors (Lipinski definition) is 0. The molecule has 0 heterocycles. The molecule has 18 heavy (non-hydrogen) atoms. The Morgan fingerprint density at radius 1 is 1.22 bits per heavy atom. The zero-order valence-electron chi connectivity index (χ0n) is 9.67. The van der Waals surface area contributed by atoms with Gasteiger partial charge in [-0.25, -0.2) is 0 Å². The van der Waals surface area contributed by atoms with Crippen LogP contribution in [-0.2, 0) is 0 Å². The van der Waals surface area contributed by atoms with Crippen LogP contribution in [0.15, 0.2) is 18.2 Å². The summed E-state index contributed by atoms with van der Waals surface area (Å²) in [6, 6.07) is 10.9. The normalized spacial score (nSPS) is 10.8. The van der Waals surface area contributed by atoms with Gasteiger partial charge in [-0.15, -0.1) is 11.8 Å². The lowest BCUT2D eigenvalue weighted by Crippen LogP contribution is -2.02. The van der Waals surface area contributed by atoms with Crippen molar-refractivity contribution in [3.05, 3.63) is 34.9 Å². The number of nitriles is 3. The Balaban J connectivity index is 2.97. The molecule has 3 nitrogen and oxygen atoms in total. The third-order valence-corrected chi connectivity index (χ3v) is 3.66. The molecule has 0 aliphatic rings. The first-order valence-corrected chi connectivity index (χ1v) is 6.42. The second kappa shape index (κ2) is 6.77. The van der Waals surface area contributed by atoms with Gasteiger partial charge in [-0.1, -0.05) is 19.1 Å². The van der Waals surface area contributed by atoms with E-state index in [9.17, 15) is 0 Å². The minimum Gasteiger partial charge on any atom is -0.198 e. The van der Waals surface area contributed by atoms with Crippen molar-refractivity contribution in [3.8, 4) is 18.2 Å². The molecular formula is C13H9N3S2. The van der Waals surface area contributed by atoms with E-state index in [0.29, 0.717) is 27.3 Å². The predicted octanol–water partition coefficient (Wildman–Crippen LogP) is 3.14. The summed E-state index contributed by atoms with van der Waals surface area (Å²) in [6.45, 7) is 1.92. The van der Waals surface area contributed by atoms with Crippen LogP contribution >= 0.6 is 24.0 Å². The maximum atomic E-state index is 8.88. The van der Waals surface area contributed by atoms with Crippen LogP contribution in [0.25, 0.3) is 0 Å². The second-order valence-corrected chi connectivity index (χ2v) is 5.72. The van der Waals surface area contributed by atoms with Gasteiger partial charge >= 0.3 is 0 Å². The van der Waals surface area contributed by atoms with Gasteiger partial charge in [0.15, 0.2) is 0 Å². The number of thiocarbonyl (C=S) groups is 1. The summed E-state index contributed by atoms with van der Waals surface area (Å²) in [4.78, 5) is 0. The van der Waals surface area contributed by atoms with Crippen molar-refractivity contribution >= 4 is 28.2 Å². The highest BCUT2D eigenvalue weighted by Gasteiger charge is 2.10. The summed E-state index contributed by atoms with van der Waals surface area (Å²) in [5.74, 6) is 0. The molecule has 0 saturated carbocycles. The SMILES string of the molecule is CC(CC#N)SC(=S)c1cc(C#N)cc(C#N)c1. The third kappa shape index (κ3) is 3.86. The standard InChI is InChI=1S/C13H9N3S2/c1-9(2-3-14)18-13(17)12-5-10(7-15)4-11(6-12)8-16/h4-6,9H,2H2,1H3. The number of rotatable bonds is 3. The first-order chi connectivity index (χ1) is 8.60. The lowest BCUT2D eigenvalue weighted by atomic mass is 10.1. The first-order valence-electron chi connectivity index (χ1n) is 5.14. The molecule has 0 aliphatic heterocycles. The molecule has 1 atom stereocenters. The van der Waals surface area contributed by atoms with Crippen molar-refractivity contribution in [1.29, 1.82) is 15.8 Å². The Labute approximate surface area is 116 Å². The summed E-state index contributed by atoms with van der Waals surface area (Å²) in [5.41, 5.74) is 1.52. The Morgan fingerprint density at radius 2 is 1.78 bits per heavy atom. The van der Waals surface area contributed by atoms with E-state index < -0.39 is 0 Å². The highest BCUT2D eigenvalue weighted by atomic mass is 32.2. The van der Waals surface area contributed by atoms with Gasteiger partial charge in [-0.05, 0) is 18.2 Å². The van der Waals surface area contributed by atoms with E-state index in [1.54, 1.807) is 12.1 Å². The molecule has 0 aromatic heterocycles. The maximum absolute atomic E-state index is 8.88. The molecular weight excluding hydrogens is 262 g/mol. The highest BCUT2D eigenvalue weighted by molar-refractivity contribution is 8.24. The molecule has 0 bridgehead atoms. The van der Waals surface area contributed by atoms with Gasteiger partial charge in [0.1, 0.15) is 0 Å². The van der Waals surface area contributed by atoms with Crippen molar-refractivity contribution in [3.63, 3.8) is 0 Å². The van der Waals surface area contributed by atoms with Gasteiger partial charge in [0.05, 0.1) is 33.5 Å². The summed E-state index contributed by atoms with van der Waals surface area (Å²) in [5, 5.41) is 26.4. The van der Waals surface area contributed by atoms with E-state index >= 15 is 0 Å². The van der Waals surface area contributed by atoms with Crippen LogP contribution in [0.4, 0.5) is 0 Å². The number of hydrogen-bond acceptors (Lipinski definition) is 5. The minimum atomic E-state index is 0.0961. The smallest absolute Gasteiger partial charge is 0.0992 e. The van der Waals surface area contributed by atoms with E-state index in [4.69, 9.17) is 28.0 Å². The monoisotopic (exact) mass is 271 g/mol. The van der Waals surface area contributed by atoms with Gasteiger partial charge in [0, 0.05) is 17.2 Å². The number of thioether (sulfide) groups is 1. The molecule has 0 aliphatic carbocycles. The quantitative estimate of drug-likeness (QED) is 0.790. The fourth-order valence-corrected chi connectivity index (χ4v) is 2.68. The van der Waals surface area contributed by atoms with Crippen molar-refractivity contribution in [1.82, 2.24) is 0 Å². The molecule has 0 radical (unpaired) electrons. The van der Waals surface area contributed by atoms with E-state index in [1.165, 1.54) is 17.8 Å². The van der Waals surface area contributed by atoms with Crippen LogP contribution < -0.4 is 0 Å². The van der Waals surface area contributed by atoms with E-state index in [2.05, 4.69) is 6.07 Å². The van der Waals surface area contributed by atoms with Crippen LogP contribution in [0.5, 0.6) is 0 Å². The van der Waals surface area contributed by atoms with Crippen molar-refractivity contribution < 1.29 is 0 Å². The predicted molar refractivity (Wildman–Crippen MR) is 74.9 cm³/mol. The van der Waals surface area contributed by atoms with Crippen molar-refractivity contribution in [2.75, 3.05) is 0 Å². The van der Waals surface area contributed by atoms with Crippen LogP contribution in [0.1, 0.15) is 30.0 Å². The maximum Gasteiger partial charge on any atom is 0.0992 e. The number of benzene rings is 1. The zero-order valence-corrected chi connectivity index (χ0v) is 11.3. The molecule has 0 amide bonds. The topological polar surface area (TPSA) is 71.4 Å². The number of nitrogens with zero attached hydrogens (tertiary/aromatic N) is 3. The molecule has 1 rings (SSSR count). The average Bonchev–Trinajstić information content (AvgIpc) is 2.38. The van der Waals surface area contributed by atoms with Crippen LogP contribution in [0, 0.1) is 34.0 Å². The lowest BCUT2D eigenvalue weighted by Gasteiger charge is -2.08. The summed E-state index contributed by atoms with van der Waals surface area (Å²) in [7, 11) is 0. The average molecular weight is 271 g/mol. The van der Waals surface area contributed by atoms with Gasteiger partial charge in [-0.2, -0.15) is 15.8 Å². The first kappa shape index (κ1) is 14.2. The second-order valence-electron chi connectivity index (χ2n) is 3.60. The highest BCUT2D eigenvalue weighted by Crippen LogP contribution is 2.22. The van der Waals surface area contributed by atoms with Crippen LogP contribution in [-0.4, -0.2) is 9.45 Å². The molecule has 0 spiro atoms. The fourth-order valence-electron chi connectivity index (χ4n) is 1.30. The van der Waals surface area contributed by atoms with Crippen molar-refractivity contribution in [2.45, 2.75) is 18.6 Å². The summed E-state index contributed by atoms with van der Waals surface area (Å²) in [6.07, 6.45) is 0.411. The summed E-state index contributed by atoms with van der Waals surface area (Å²) >= 11 is 6.67. The van der Waals surface area contributed by atoms with Crippen molar-refractivity contribution in [2.24, 2.45) is 0 Å². The molecule has 0 N–H and O–H groups in total. The van der Waals surface area contributed by atoms with Gasteiger partial charge < -0.3 is 0 Å². The Bertz CT molecular complexity index is 555. The molecule has 1 aromatic rings. The molecule has 0 fully saturated rings. The van der Waals surface area contributed by atoms with E-state index in [1.807, 2.05) is 19.1 Å². The lowest BCUT2D eigenvalue weighted by molar-refractivity contribution is 0.997. The Morgan fingerprint density at radius 3 is 2.22 bits per heavy atom. The largest absolute Gasteiger partial charge is 0.198 e. The molecule has 88 valence electrons. The van der Waals surface area contributed by atoms with Gasteiger partial charge in [-0.3, -0.25) is 0 Å². The molecule has 1 aromatic carbocycles. The molecule has 1 unspecified atom stereocenters. The van der Waals surface area contributed by atoms with E-state index in [-0.39, 0.29) is 5.25 Å². The van der Waals surface area contributed by atoms with Crippen LogP contribution in [0.3, 0.4) is 0 Å². The Hall–Kier alpha value is -1.87.